The van der Waals surface area contributed by atoms with Gasteiger partial charge in [-0.15, -0.1) is 0 Å². The van der Waals surface area contributed by atoms with Gasteiger partial charge in [0, 0.05) is 18.2 Å². The Morgan fingerprint density at radius 3 is 2.85 bits per heavy atom. The molecule has 2 atom stereocenters. The number of nitrogen functional groups attached to an aromatic ring is 1. The van der Waals surface area contributed by atoms with Gasteiger partial charge in [-0.25, -0.2) is 9.37 Å². The number of rotatable bonds is 7. The SMILES string of the molecule is CCC(Nc1nc(N)nc(Nc2cc(F)c(OC)cn2)n1)C1CCCN1. The van der Waals surface area contributed by atoms with E-state index in [1.807, 2.05) is 0 Å². The van der Waals surface area contributed by atoms with Crippen LogP contribution in [0.4, 0.5) is 28.1 Å². The van der Waals surface area contributed by atoms with Gasteiger partial charge in [0.2, 0.25) is 17.8 Å². The predicted molar refractivity (Wildman–Crippen MR) is 97.0 cm³/mol. The number of pyridine rings is 1. The number of hydrogen-bond donors (Lipinski definition) is 4. The number of ether oxygens (including phenoxy) is 1. The molecule has 1 saturated heterocycles. The van der Waals surface area contributed by atoms with Gasteiger partial charge in [0.15, 0.2) is 11.6 Å². The second-order valence-electron chi connectivity index (χ2n) is 6.03. The van der Waals surface area contributed by atoms with Crippen LogP contribution in [0.3, 0.4) is 0 Å². The molecule has 140 valence electrons. The van der Waals surface area contributed by atoms with Gasteiger partial charge in [-0.05, 0) is 25.8 Å². The zero-order valence-electron chi connectivity index (χ0n) is 14.8. The van der Waals surface area contributed by atoms with Crippen molar-refractivity contribution >= 4 is 23.7 Å². The summed E-state index contributed by atoms with van der Waals surface area (Å²) in [6, 6.07) is 1.75. The minimum absolute atomic E-state index is 0.0583. The summed E-state index contributed by atoms with van der Waals surface area (Å²) >= 11 is 0. The zero-order valence-corrected chi connectivity index (χ0v) is 14.8. The highest BCUT2D eigenvalue weighted by Gasteiger charge is 2.24. The van der Waals surface area contributed by atoms with Crippen molar-refractivity contribution in [3.63, 3.8) is 0 Å². The molecule has 0 radical (unpaired) electrons. The maximum absolute atomic E-state index is 13.8. The van der Waals surface area contributed by atoms with Gasteiger partial charge in [-0.2, -0.15) is 15.0 Å². The third kappa shape index (κ3) is 4.26. The standard InChI is InChI=1S/C16H23FN8O/c1-3-10(11-5-4-6-19-11)21-15-23-14(18)24-16(25-15)22-13-7-9(17)12(26-2)8-20-13/h7-8,10-11,19H,3-6H2,1-2H3,(H4,18,20,21,22,23,24,25). The van der Waals surface area contributed by atoms with Gasteiger partial charge in [0.05, 0.1) is 13.3 Å². The maximum Gasteiger partial charge on any atom is 0.234 e. The van der Waals surface area contributed by atoms with E-state index < -0.39 is 5.82 Å². The van der Waals surface area contributed by atoms with Gasteiger partial charge < -0.3 is 26.4 Å². The van der Waals surface area contributed by atoms with Gasteiger partial charge in [-0.1, -0.05) is 6.92 Å². The summed E-state index contributed by atoms with van der Waals surface area (Å²) in [5.74, 6) is 0.380. The van der Waals surface area contributed by atoms with Crippen LogP contribution in [-0.4, -0.2) is 45.7 Å². The van der Waals surface area contributed by atoms with Crippen molar-refractivity contribution in [1.29, 1.82) is 0 Å². The topological polar surface area (TPSA) is 123 Å². The first kappa shape index (κ1) is 18.1. The van der Waals surface area contributed by atoms with Crippen molar-refractivity contribution in [1.82, 2.24) is 25.3 Å². The molecule has 9 nitrogen and oxygen atoms in total. The van der Waals surface area contributed by atoms with E-state index in [4.69, 9.17) is 10.5 Å². The molecule has 3 heterocycles. The van der Waals surface area contributed by atoms with E-state index in [2.05, 4.69) is 42.8 Å². The Bertz CT molecular complexity index is 753. The van der Waals surface area contributed by atoms with E-state index in [0.29, 0.717) is 12.0 Å². The molecular formula is C16H23FN8O. The number of hydrogen-bond acceptors (Lipinski definition) is 9. The van der Waals surface area contributed by atoms with Crippen LogP contribution >= 0.6 is 0 Å². The Hall–Kier alpha value is -2.75. The average molecular weight is 362 g/mol. The molecule has 0 aliphatic carbocycles. The van der Waals surface area contributed by atoms with Crippen LogP contribution < -0.4 is 26.4 Å². The Morgan fingerprint density at radius 1 is 1.38 bits per heavy atom. The molecule has 0 aromatic carbocycles. The van der Waals surface area contributed by atoms with Crippen molar-refractivity contribution in [2.45, 2.75) is 38.3 Å². The normalized spacial score (nSPS) is 17.7. The maximum atomic E-state index is 13.8. The van der Waals surface area contributed by atoms with E-state index >= 15 is 0 Å². The lowest BCUT2D eigenvalue weighted by Crippen LogP contribution is -2.40. The molecule has 26 heavy (non-hydrogen) atoms. The molecule has 1 fully saturated rings. The lowest BCUT2D eigenvalue weighted by Gasteiger charge is -2.23. The largest absolute Gasteiger partial charge is 0.492 e. The lowest BCUT2D eigenvalue weighted by atomic mass is 10.0. The third-order valence-corrected chi connectivity index (χ3v) is 4.27. The number of halogens is 1. The number of anilines is 4. The summed E-state index contributed by atoms with van der Waals surface area (Å²) in [4.78, 5) is 16.5. The predicted octanol–water partition coefficient (Wildman–Crippen LogP) is 1.68. The lowest BCUT2D eigenvalue weighted by molar-refractivity contribution is 0.384. The quantitative estimate of drug-likeness (QED) is 0.582. The molecule has 10 heteroatoms. The Labute approximate surface area is 151 Å². The Morgan fingerprint density at radius 2 is 2.19 bits per heavy atom. The van der Waals surface area contributed by atoms with E-state index in [1.165, 1.54) is 19.4 Å². The Balaban J connectivity index is 1.75. The van der Waals surface area contributed by atoms with Gasteiger partial charge in [0.1, 0.15) is 5.82 Å². The first-order valence-electron chi connectivity index (χ1n) is 8.57. The van der Waals surface area contributed by atoms with Crippen molar-refractivity contribution < 1.29 is 9.13 Å². The Kier molecular flexibility index (Phi) is 5.61. The first-order chi connectivity index (χ1) is 12.6. The minimum Gasteiger partial charge on any atom is -0.492 e. The summed E-state index contributed by atoms with van der Waals surface area (Å²) in [6.45, 7) is 3.12. The highest BCUT2D eigenvalue weighted by Crippen LogP contribution is 2.21. The fraction of sp³-hybridized carbons (Fsp3) is 0.500. The fourth-order valence-corrected chi connectivity index (χ4v) is 2.97. The molecule has 0 saturated carbocycles. The second-order valence-corrected chi connectivity index (χ2v) is 6.03. The van der Waals surface area contributed by atoms with Gasteiger partial charge in [-0.3, -0.25) is 0 Å². The number of methoxy groups -OCH3 is 1. The summed E-state index contributed by atoms with van der Waals surface area (Å²) in [5, 5.41) is 9.61. The molecule has 1 aliphatic rings. The molecule has 0 amide bonds. The molecule has 2 aromatic rings. The molecule has 3 rings (SSSR count). The van der Waals surface area contributed by atoms with E-state index in [9.17, 15) is 4.39 Å². The van der Waals surface area contributed by atoms with Gasteiger partial charge in [0.25, 0.3) is 0 Å². The van der Waals surface area contributed by atoms with Crippen molar-refractivity contribution in [2.24, 2.45) is 0 Å². The molecule has 0 spiro atoms. The molecule has 2 unspecified atom stereocenters. The molecular weight excluding hydrogens is 339 g/mol. The smallest absolute Gasteiger partial charge is 0.234 e. The highest BCUT2D eigenvalue weighted by atomic mass is 19.1. The number of nitrogens with two attached hydrogens (primary N) is 1. The van der Waals surface area contributed by atoms with E-state index in [-0.39, 0.29) is 29.5 Å². The van der Waals surface area contributed by atoms with E-state index in [1.54, 1.807) is 0 Å². The monoisotopic (exact) mass is 362 g/mol. The van der Waals surface area contributed by atoms with Crippen LogP contribution in [0, 0.1) is 5.82 Å². The average Bonchev–Trinajstić information content (AvgIpc) is 3.14. The number of nitrogens with zero attached hydrogens (tertiary/aromatic N) is 4. The summed E-state index contributed by atoms with van der Waals surface area (Å²) in [6.07, 6.45) is 4.45. The molecule has 0 bridgehead atoms. The fourth-order valence-electron chi connectivity index (χ4n) is 2.97. The van der Waals surface area contributed by atoms with Crippen LogP contribution in [0.1, 0.15) is 26.2 Å². The van der Waals surface area contributed by atoms with Crippen LogP contribution in [0.2, 0.25) is 0 Å². The number of aromatic nitrogens is 4. The summed E-state index contributed by atoms with van der Waals surface area (Å²) < 4.78 is 18.7. The minimum atomic E-state index is -0.538. The summed E-state index contributed by atoms with van der Waals surface area (Å²) in [5.41, 5.74) is 5.79. The molecule has 2 aromatic heterocycles. The van der Waals surface area contributed by atoms with Crippen LogP contribution in [-0.2, 0) is 0 Å². The molecule has 5 N–H and O–H groups in total. The van der Waals surface area contributed by atoms with Crippen molar-refractivity contribution in [3.8, 4) is 5.75 Å². The van der Waals surface area contributed by atoms with Crippen LogP contribution in [0.25, 0.3) is 0 Å². The second kappa shape index (κ2) is 8.09. The third-order valence-electron chi connectivity index (χ3n) is 4.27. The van der Waals surface area contributed by atoms with Crippen molar-refractivity contribution in [3.05, 3.63) is 18.1 Å². The van der Waals surface area contributed by atoms with Crippen LogP contribution in [0.15, 0.2) is 12.3 Å². The van der Waals surface area contributed by atoms with E-state index in [0.717, 1.165) is 25.8 Å². The number of nitrogens with one attached hydrogen (secondary N) is 3. The van der Waals surface area contributed by atoms with Gasteiger partial charge >= 0.3 is 0 Å². The first-order valence-corrected chi connectivity index (χ1v) is 8.57. The van der Waals surface area contributed by atoms with Crippen molar-refractivity contribution in [2.75, 3.05) is 30.0 Å². The summed E-state index contributed by atoms with van der Waals surface area (Å²) in [7, 11) is 1.38. The van der Waals surface area contributed by atoms with Crippen LogP contribution in [0.5, 0.6) is 5.75 Å². The highest BCUT2D eigenvalue weighted by molar-refractivity contribution is 5.52. The zero-order chi connectivity index (χ0) is 18.5. The molecule has 1 aliphatic heterocycles.